The summed E-state index contributed by atoms with van der Waals surface area (Å²) in [6.07, 6.45) is 2.61. The van der Waals surface area contributed by atoms with Crippen molar-refractivity contribution in [3.63, 3.8) is 0 Å². The molecule has 2 N–H and O–H groups in total. The van der Waals surface area contributed by atoms with Crippen LogP contribution in [-0.2, 0) is 0 Å². The van der Waals surface area contributed by atoms with Gasteiger partial charge in [-0.3, -0.25) is 0 Å². The first kappa shape index (κ1) is 11.6. The average molecular weight is 262 g/mol. The molecule has 4 rings (SSSR count). The predicted octanol–water partition coefficient (Wildman–Crippen LogP) is 4.40. The Bertz CT molecular complexity index is 777. The Kier molecular flexibility index (Phi) is 2.40. The molecule has 100 valence electrons. The summed E-state index contributed by atoms with van der Waals surface area (Å²) in [5.41, 5.74) is 12.0. The van der Waals surface area contributed by atoms with Gasteiger partial charge in [0.25, 0.3) is 0 Å². The molecule has 0 atom stereocenters. The summed E-state index contributed by atoms with van der Waals surface area (Å²) in [5.74, 6) is 0.713. The van der Waals surface area contributed by atoms with Crippen LogP contribution in [0.3, 0.4) is 0 Å². The molecule has 1 saturated carbocycles. The van der Waals surface area contributed by atoms with Crippen LogP contribution in [0.25, 0.3) is 16.6 Å². The second kappa shape index (κ2) is 4.14. The molecular weight excluding hydrogens is 244 g/mol. The number of anilines is 1. The van der Waals surface area contributed by atoms with Crippen molar-refractivity contribution in [2.24, 2.45) is 0 Å². The van der Waals surface area contributed by atoms with Crippen molar-refractivity contribution in [1.29, 1.82) is 0 Å². The highest BCUT2D eigenvalue weighted by Gasteiger charge is 2.28. The van der Waals surface area contributed by atoms with Crippen molar-refractivity contribution in [2.45, 2.75) is 25.7 Å². The second-order valence-corrected chi connectivity index (χ2v) is 5.83. The molecule has 0 saturated heterocycles. The van der Waals surface area contributed by atoms with E-state index in [2.05, 4.69) is 54.0 Å². The van der Waals surface area contributed by atoms with Crippen LogP contribution in [0.1, 0.15) is 30.0 Å². The van der Waals surface area contributed by atoms with Gasteiger partial charge in [-0.1, -0.05) is 23.8 Å². The van der Waals surface area contributed by atoms with Crippen LogP contribution in [0, 0.1) is 6.92 Å². The summed E-state index contributed by atoms with van der Waals surface area (Å²) in [5, 5.41) is 1.28. The molecule has 0 aliphatic heterocycles. The van der Waals surface area contributed by atoms with E-state index in [0.29, 0.717) is 5.92 Å². The maximum Gasteiger partial charge on any atom is 0.0552 e. The fraction of sp³-hybridized carbons (Fsp3) is 0.222. The quantitative estimate of drug-likeness (QED) is 0.682. The molecule has 1 fully saturated rings. The van der Waals surface area contributed by atoms with Gasteiger partial charge >= 0.3 is 0 Å². The zero-order valence-electron chi connectivity index (χ0n) is 11.6. The van der Waals surface area contributed by atoms with Gasteiger partial charge in [-0.25, -0.2) is 0 Å². The van der Waals surface area contributed by atoms with Gasteiger partial charge in [0.05, 0.1) is 5.52 Å². The maximum atomic E-state index is 5.98. The lowest BCUT2D eigenvalue weighted by Gasteiger charge is -2.11. The van der Waals surface area contributed by atoms with Crippen LogP contribution in [0.15, 0.2) is 48.5 Å². The first-order valence-electron chi connectivity index (χ1n) is 7.20. The largest absolute Gasteiger partial charge is 0.399 e. The Morgan fingerprint density at radius 1 is 1.00 bits per heavy atom. The Labute approximate surface area is 118 Å². The van der Waals surface area contributed by atoms with Crippen LogP contribution in [0.4, 0.5) is 5.69 Å². The summed E-state index contributed by atoms with van der Waals surface area (Å²) >= 11 is 0. The van der Waals surface area contributed by atoms with E-state index in [1.165, 1.54) is 40.7 Å². The number of aromatic nitrogens is 1. The number of nitrogen functional groups attached to an aromatic ring is 1. The molecule has 3 aromatic rings. The number of hydrogen-bond donors (Lipinski definition) is 1. The molecule has 20 heavy (non-hydrogen) atoms. The second-order valence-electron chi connectivity index (χ2n) is 5.83. The number of fused-ring (bicyclic) bond motifs is 1. The van der Waals surface area contributed by atoms with E-state index >= 15 is 0 Å². The maximum absolute atomic E-state index is 5.98. The van der Waals surface area contributed by atoms with Crippen molar-refractivity contribution < 1.29 is 0 Å². The van der Waals surface area contributed by atoms with E-state index in [0.717, 1.165) is 5.69 Å². The predicted molar refractivity (Wildman–Crippen MR) is 84.4 cm³/mol. The van der Waals surface area contributed by atoms with Gasteiger partial charge < -0.3 is 10.3 Å². The fourth-order valence-corrected chi connectivity index (χ4v) is 2.90. The number of nitrogens with two attached hydrogens (primary N) is 1. The van der Waals surface area contributed by atoms with Crippen LogP contribution in [0.5, 0.6) is 0 Å². The third-order valence-electron chi connectivity index (χ3n) is 4.14. The van der Waals surface area contributed by atoms with Crippen molar-refractivity contribution in [3.05, 3.63) is 59.8 Å². The number of aryl methyl sites for hydroxylation is 1. The van der Waals surface area contributed by atoms with Crippen LogP contribution < -0.4 is 5.73 Å². The van der Waals surface area contributed by atoms with Gasteiger partial charge in [0, 0.05) is 22.5 Å². The number of rotatable bonds is 2. The van der Waals surface area contributed by atoms with Gasteiger partial charge in [0.2, 0.25) is 0 Å². The van der Waals surface area contributed by atoms with E-state index in [1.54, 1.807) is 0 Å². The molecule has 0 spiro atoms. The van der Waals surface area contributed by atoms with Crippen molar-refractivity contribution >= 4 is 16.6 Å². The number of nitrogens with zero attached hydrogens (tertiary/aromatic N) is 1. The smallest absolute Gasteiger partial charge is 0.0552 e. The molecule has 2 nitrogen and oxygen atoms in total. The molecule has 1 aromatic heterocycles. The van der Waals surface area contributed by atoms with E-state index in [1.807, 2.05) is 6.07 Å². The van der Waals surface area contributed by atoms with Crippen molar-refractivity contribution in [2.75, 3.05) is 5.73 Å². The zero-order valence-corrected chi connectivity index (χ0v) is 11.6. The van der Waals surface area contributed by atoms with E-state index in [4.69, 9.17) is 5.73 Å². The molecule has 2 aromatic carbocycles. The minimum absolute atomic E-state index is 0.713. The zero-order chi connectivity index (χ0) is 13.7. The van der Waals surface area contributed by atoms with Gasteiger partial charge in [0.15, 0.2) is 0 Å². The molecule has 1 heterocycles. The lowest BCUT2D eigenvalue weighted by Crippen LogP contribution is -1.99. The Balaban J connectivity index is 2.01. The molecule has 2 heteroatoms. The Morgan fingerprint density at radius 2 is 1.75 bits per heavy atom. The van der Waals surface area contributed by atoms with E-state index in [-0.39, 0.29) is 0 Å². The van der Waals surface area contributed by atoms with E-state index < -0.39 is 0 Å². The minimum Gasteiger partial charge on any atom is -0.399 e. The summed E-state index contributed by atoms with van der Waals surface area (Å²) in [7, 11) is 0. The topological polar surface area (TPSA) is 30.9 Å². The summed E-state index contributed by atoms with van der Waals surface area (Å²) in [6, 6.07) is 17.3. The van der Waals surface area contributed by atoms with Crippen molar-refractivity contribution in [1.82, 2.24) is 4.57 Å². The highest BCUT2D eigenvalue weighted by Crippen LogP contribution is 2.43. The highest BCUT2D eigenvalue weighted by atomic mass is 15.0. The van der Waals surface area contributed by atoms with E-state index in [9.17, 15) is 0 Å². The summed E-state index contributed by atoms with van der Waals surface area (Å²) < 4.78 is 2.38. The van der Waals surface area contributed by atoms with Gasteiger partial charge in [0.1, 0.15) is 0 Å². The first-order valence-corrected chi connectivity index (χ1v) is 7.20. The Morgan fingerprint density at radius 3 is 2.45 bits per heavy atom. The molecule has 0 amide bonds. The highest BCUT2D eigenvalue weighted by molar-refractivity contribution is 5.86. The van der Waals surface area contributed by atoms with Crippen LogP contribution in [0.2, 0.25) is 0 Å². The number of benzene rings is 2. The Hall–Kier alpha value is -2.22. The normalized spacial score (nSPS) is 14.8. The van der Waals surface area contributed by atoms with Crippen LogP contribution >= 0.6 is 0 Å². The average Bonchev–Trinajstić information content (AvgIpc) is 3.22. The third kappa shape index (κ3) is 1.80. The molecular formula is C18H18N2. The lowest BCUT2D eigenvalue weighted by molar-refractivity contribution is 0.949. The molecule has 0 unspecified atom stereocenters. The SMILES string of the molecule is Cc1ccc(-n2c(C3CC3)cc3ccc(N)cc32)cc1. The molecule has 0 radical (unpaired) electrons. The monoisotopic (exact) mass is 262 g/mol. The standard InChI is InChI=1S/C18H18N2/c1-12-2-8-16(9-3-12)20-17(13-4-5-13)10-14-6-7-15(19)11-18(14)20/h2-3,6-11,13H,4-5,19H2,1H3. The summed E-state index contributed by atoms with van der Waals surface area (Å²) in [6.45, 7) is 2.12. The van der Waals surface area contributed by atoms with Gasteiger partial charge in [-0.2, -0.15) is 0 Å². The molecule has 0 bridgehead atoms. The molecule has 1 aliphatic rings. The molecule has 1 aliphatic carbocycles. The van der Waals surface area contributed by atoms with Crippen molar-refractivity contribution in [3.8, 4) is 5.69 Å². The van der Waals surface area contributed by atoms with Crippen LogP contribution in [-0.4, -0.2) is 4.57 Å². The van der Waals surface area contributed by atoms with Gasteiger partial charge in [-0.15, -0.1) is 0 Å². The van der Waals surface area contributed by atoms with Gasteiger partial charge in [-0.05, 0) is 56.0 Å². The fourth-order valence-electron chi connectivity index (χ4n) is 2.90. The third-order valence-corrected chi connectivity index (χ3v) is 4.14. The lowest BCUT2D eigenvalue weighted by atomic mass is 10.2. The first-order chi connectivity index (χ1) is 9.72. The minimum atomic E-state index is 0.713. The summed E-state index contributed by atoms with van der Waals surface area (Å²) in [4.78, 5) is 0. The number of hydrogen-bond acceptors (Lipinski definition) is 1.